The number of nitrogens with zero attached hydrogens (tertiary/aromatic N) is 1. The highest BCUT2D eigenvalue weighted by Gasteiger charge is 2.41. The van der Waals surface area contributed by atoms with Crippen LogP contribution in [0.1, 0.15) is 19.3 Å². The lowest BCUT2D eigenvalue weighted by Crippen LogP contribution is -2.39. The maximum absolute atomic E-state index is 12.8. The Bertz CT molecular complexity index is 616. The van der Waals surface area contributed by atoms with Crippen LogP contribution < -0.4 is 5.73 Å². The van der Waals surface area contributed by atoms with Crippen LogP contribution in [0.15, 0.2) is 17.0 Å². The summed E-state index contributed by atoms with van der Waals surface area (Å²) < 4.78 is 25.6. The van der Waals surface area contributed by atoms with Gasteiger partial charge in [-0.05, 0) is 39.1 Å². The van der Waals surface area contributed by atoms with Gasteiger partial charge < -0.3 is 15.7 Å². The van der Waals surface area contributed by atoms with Gasteiger partial charge in [0.15, 0.2) is 15.6 Å². The zero-order chi connectivity index (χ0) is 15.1. The Hall–Kier alpha value is -0.980. The summed E-state index contributed by atoms with van der Waals surface area (Å²) in [7, 11) is 0.000537. The summed E-state index contributed by atoms with van der Waals surface area (Å²) in [6.07, 6.45) is 2.22. The number of aromatic hydroxyl groups is 1. The quantitative estimate of drug-likeness (QED) is 0.656. The van der Waals surface area contributed by atoms with Gasteiger partial charge in [0.25, 0.3) is 0 Å². The highest BCUT2D eigenvalue weighted by atomic mass is 35.5. The third-order valence-corrected chi connectivity index (χ3v) is 6.64. The number of benzene rings is 1. The van der Waals surface area contributed by atoms with Crippen LogP contribution in [0.5, 0.6) is 5.75 Å². The molecule has 1 aliphatic carbocycles. The summed E-state index contributed by atoms with van der Waals surface area (Å²) in [5, 5.41) is 9.44. The molecule has 0 amide bonds. The fourth-order valence-corrected chi connectivity index (χ4v) is 5.62. The third-order valence-electron chi connectivity index (χ3n) is 3.88. The van der Waals surface area contributed by atoms with E-state index in [1.54, 1.807) is 0 Å². The van der Waals surface area contributed by atoms with Gasteiger partial charge in [0.05, 0.1) is 16.0 Å². The van der Waals surface area contributed by atoms with E-state index in [1.165, 1.54) is 12.1 Å². The second-order valence-electron chi connectivity index (χ2n) is 5.36. The Morgan fingerprint density at radius 2 is 2.00 bits per heavy atom. The minimum atomic E-state index is -3.72. The summed E-state index contributed by atoms with van der Waals surface area (Å²) >= 11 is 5.98. The lowest BCUT2D eigenvalue weighted by Gasteiger charge is -2.26. The fourth-order valence-electron chi connectivity index (χ4n) is 2.84. The number of halogens is 1. The predicted octanol–water partition coefficient (Wildman–Crippen LogP) is 1.88. The Labute approximate surface area is 124 Å². The highest BCUT2D eigenvalue weighted by molar-refractivity contribution is 7.92. The van der Waals surface area contributed by atoms with Crippen LogP contribution in [0.3, 0.4) is 0 Å². The Balaban J connectivity index is 2.54. The van der Waals surface area contributed by atoms with Gasteiger partial charge in [0.2, 0.25) is 0 Å². The Kier molecular flexibility index (Phi) is 4.18. The number of hydrogen-bond acceptors (Lipinski definition) is 5. The molecule has 0 heterocycles. The largest absolute Gasteiger partial charge is 0.504 e. The van der Waals surface area contributed by atoms with Gasteiger partial charge >= 0.3 is 0 Å². The first-order valence-corrected chi connectivity index (χ1v) is 8.36. The average Bonchev–Trinajstić information content (AvgIpc) is 2.84. The first-order chi connectivity index (χ1) is 9.26. The summed E-state index contributed by atoms with van der Waals surface area (Å²) in [5.41, 5.74) is 5.62. The van der Waals surface area contributed by atoms with Crippen molar-refractivity contribution in [3.05, 3.63) is 17.2 Å². The van der Waals surface area contributed by atoms with Crippen molar-refractivity contribution in [2.24, 2.45) is 0 Å². The van der Waals surface area contributed by atoms with Gasteiger partial charge in [-0.15, -0.1) is 0 Å². The molecule has 0 radical (unpaired) electrons. The van der Waals surface area contributed by atoms with Crippen molar-refractivity contribution in [3.63, 3.8) is 0 Å². The minimum Gasteiger partial charge on any atom is -0.504 e. The van der Waals surface area contributed by atoms with Crippen LogP contribution in [-0.2, 0) is 9.84 Å². The van der Waals surface area contributed by atoms with Crippen molar-refractivity contribution in [3.8, 4) is 5.75 Å². The van der Waals surface area contributed by atoms with Crippen LogP contribution in [-0.4, -0.2) is 43.8 Å². The number of nitrogen functional groups attached to an aromatic ring is 1. The number of phenolic OH excluding ortho intramolecular Hbond substituents is 1. The first kappa shape index (κ1) is 15.4. The molecule has 1 saturated carbocycles. The van der Waals surface area contributed by atoms with Crippen LogP contribution >= 0.6 is 11.6 Å². The lowest BCUT2D eigenvalue weighted by atomic mass is 10.2. The van der Waals surface area contributed by atoms with E-state index < -0.39 is 20.8 Å². The number of sulfone groups is 1. The monoisotopic (exact) mass is 318 g/mol. The maximum Gasteiger partial charge on any atom is 0.187 e. The first-order valence-electron chi connectivity index (χ1n) is 6.44. The molecule has 0 aromatic heterocycles. The number of phenols is 1. The molecular formula is C13H19ClN2O3S. The molecule has 20 heavy (non-hydrogen) atoms. The molecule has 1 fully saturated rings. The molecule has 112 valence electrons. The fraction of sp³-hybridized carbons (Fsp3) is 0.538. The van der Waals surface area contributed by atoms with E-state index in [4.69, 9.17) is 17.3 Å². The summed E-state index contributed by atoms with van der Waals surface area (Å²) in [4.78, 5) is 1.67. The second kappa shape index (κ2) is 5.42. The summed E-state index contributed by atoms with van der Waals surface area (Å²) in [6.45, 7) is 0. The van der Waals surface area contributed by atoms with E-state index >= 15 is 0 Å². The molecule has 2 atom stereocenters. The van der Waals surface area contributed by atoms with Gasteiger partial charge in [-0.2, -0.15) is 0 Å². The molecule has 0 unspecified atom stereocenters. The van der Waals surface area contributed by atoms with E-state index in [0.29, 0.717) is 6.42 Å². The average molecular weight is 319 g/mol. The molecule has 1 aromatic carbocycles. The molecule has 3 N–H and O–H groups in total. The zero-order valence-electron chi connectivity index (χ0n) is 11.5. The molecule has 2 rings (SSSR count). The van der Waals surface area contributed by atoms with Crippen LogP contribution in [0, 0.1) is 0 Å². The number of anilines is 1. The van der Waals surface area contributed by atoms with E-state index in [2.05, 4.69) is 0 Å². The second-order valence-corrected chi connectivity index (χ2v) is 7.87. The summed E-state index contributed by atoms with van der Waals surface area (Å²) in [6, 6.07) is 2.73. The van der Waals surface area contributed by atoms with Gasteiger partial charge in [-0.25, -0.2) is 8.42 Å². The van der Waals surface area contributed by atoms with Crippen molar-refractivity contribution in [2.45, 2.75) is 35.4 Å². The molecule has 0 bridgehead atoms. The minimum absolute atomic E-state index is 0.0149. The van der Waals surface area contributed by atoms with Crippen molar-refractivity contribution in [1.82, 2.24) is 4.90 Å². The Morgan fingerprint density at radius 3 is 2.60 bits per heavy atom. The van der Waals surface area contributed by atoms with Crippen LogP contribution in [0.25, 0.3) is 0 Å². The number of hydrogen-bond donors (Lipinski definition) is 2. The molecule has 0 aliphatic heterocycles. The SMILES string of the molecule is CN(C)[C@H]1CCC[C@H]1S(=O)(=O)c1c(Cl)ccc(N)c1O. The highest BCUT2D eigenvalue weighted by Crippen LogP contribution is 2.41. The maximum atomic E-state index is 12.8. The van der Waals surface area contributed by atoms with Crippen LogP contribution in [0.2, 0.25) is 5.02 Å². The zero-order valence-corrected chi connectivity index (χ0v) is 13.1. The molecule has 0 saturated heterocycles. The van der Waals surface area contributed by atoms with Crippen molar-refractivity contribution in [1.29, 1.82) is 0 Å². The van der Waals surface area contributed by atoms with Gasteiger partial charge in [0.1, 0.15) is 4.90 Å². The van der Waals surface area contributed by atoms with E-state index in [9.17, 15) is 13.5 Å². The van der Waals surface area contributed by atoms with Crippen molar-refractivity contribution < 1.29 is 13.5 Å². The number of rotatable bonds is 3. The molecule has 0 spiro atoms. The smallest absolute Gasteiger partial charge is 0.187 e. The van der Waals surface area contributed by atoms with E-state index in [1.807, 2.05) is 19.0 Å². The van der Waals surface area contributed by atoms with Crippen molar-refractivity contribution >= 4 is 27.1 Å². The topological polar surface area (TPSA) is 83.6 Å². The normalized spacial score (nSPS) is 23.4. The standard InChI is InChI=1S/C13H19ClN2O3S/c1-16(2)10-4-3-5-11(10)20(18,19)13-8(14)6-7-9(15)12(13)17/h6-7,10-11,17H,3-5,15H2,1-2H3/t10-,11+/m0/s1. The van der Waals surface area contributed by atoms with Gasteiger partial charge in [0, 0.05) is 6.04 Å². The predicted molar refractivity (Wildman–Crippen MR) is 79.8 cm³/mol. The van der Waals surface area contributed by atoms with E-state index in [0.717, 1.165) is 12.8 Å². The van der Waals surface area contributed by atoms with Crippen molar-refractivity contribution in [2.75, 3.05) is 19.8 Å². The molecule has 1 aliphatic rings. The molecule has 1 aromatic rings. The van der Waals surface area contributed by atoms with Gasteiger partial charge in [-0.1, -0.05) is 18.0 Å². The molecular weight excluding hydrogens is 300 g/mol. The summed E-state index contributed by atoms with van der Waals surface area (Å²) in [5.74, 6) is -0.443. The molecule has 7 heteroatoms. The van der Waals surface area contributed by atoms with Crippen LogP contribution in [0.4, 0.5) is 5.69 Å². The molecule has 5 nitrogen and oxygen atoms in total. The van der Waals surface area contributed by atoms with Gasteiger partial charge in [-0.3, -0.25) is 0 Å². The third kappa shape index (κ3) is 2.47. The lowest BCUT2D eigenvalue weighted by molar-refractivity contribution is 0.299. The Morgan fingerprint density at radius 1 is 1.35 bits per heavy atom. The number of nitrogens with two attached hydrogens (primary N) is 1. The van der Waals surface area contributed by atoms with E-state index in [-0.39, 0.29) is 21.6 Å².